The lowest BCUT2D eigenvalue weighted by Gasteiger charge is -2.32. The van der Waals surface area contributed by atoms with Gasteiger partial charge in [0.15, 0.2) is 0 Å². The Labute approximate surface area is 110 Å². The van der Waals surface area contributed by atoms with Crippen LogP contribution in [0, 0.1) is 5.92 Å². The van der Waals surface area contributed by atoms with Crippen LogP contribution in [0.4, 0.5) is 0 Å². The van der Waals surface area contributed by atoms with E-state index in [2.05, 4.69) is 46.2 Å². The smallest absolute Gasteiger partial charge is 0.0414 e. The molecular formula is C12H19BrN2S. The lowest BCUT2D eigenvalue weighted by Crippen LogP contribution is -2.40. The van der Waals surface area contributed by atoms with Crippen LogP contribution in [0.25, 0.3) is 0 Å². The highest BCUT2D eigenvalue weighted by Crippen LogP contribution is 2.38. The molecule has 2 unspecified atom stereocenters. The Balaban J connectivity index is 2.05. The molecule has 0 radical (unpaired) electrons. The van der Waals surface area contributed by atoms with E-state index >= 15 is 0 Å². The summed E-state index contributed by atoms with van der Waals surface area (Å²) in [5, 5.41) is 2.15. The Hall–Kier alpha value is 0.1000. The molecule has 1 aliphatic carbocycles. The third kappa shape index (κ3) is 2.67. The summed E-state index contributed by atoms with van der Waals surface area (Å²) in [5.74, 6) is 0.834. The van der Waals surface area contributed by atoms with Crippen molar-refractivity contribution in [2.75, 3.05) is 13.6 Å². The van der Waals surface area contributed by atoms with Crippen molar-refractivity contribution in [1.29, 1.82) is 0 Å². The van der Waals surface area contributed by atoms with Gasteiger partial charge < -0.3 is 5.73 Å². The van der Waals surface area contributed by atoms with Crippen LogP contribution >= 0.6 is 27.3 Å². The van der Waals surface area contributed by atoms with Gasteiger partial charge in [0, 0.05) is 33.4 Å². The number of nitrogens with zero attached hydrogens (tertiary/aromatic N) is 1. The Morgan fingerprint density at radius 2 is 2.31 bits per heavy atom. The molecule has 0 bridgehead atoms. The Kier molecular flexibility index (Phi) is 4.06. The summed E-state index contributed by atoms with van der Waals surface area (Å²) < 4.78 is 1.18. The van der Waals surface area contributed by atoms with Crippen molar-refractivity contribution >= 4 is 27.3 Å². The second-order valence-electron chi connectivity index (χ2n) is 4.65. The Bertz CT molecular complexity index is 349. The van der Waals surface area contributed by atoms with Crippen LogP contribution in [0.5, 0.6) is 0 Å². The maximum absolute atomic E-state index is 5.89. The van der Waals surface area contributed by atoms with E-state index in [1.165, 1.54) is 22.2 Å². The molecule has 0 aliphatic heterocycles. The normalized spacial score (nSPS) is 20.1. The number of likely N-dealkylation sites (N-methyl/N-ethyl adjacent to an activating group) is 1. The molecule has 1 fully saturated rings. The summed E-state index contributed by atoms with van der Waals surface area (Å²) in [7, 11) is 2.20. The molecule has 1 aliphatic rings. The molecule has 1 saturated carbocycles. The van der Waals surface area contributed by atoms with Crippen molar-refractivity contribution in [1.82, 2.24) is 4.90 Å². The van der Waals surface area contributed by atoms with Gasteiger partial charge in [0.25, 0.3) is 0 Å². The predicted molar refractivity (Wildman–Crippen MR) is 73.8 cm³/mol. The first-order chi connectivity index (χ1) is 7.63. The van der Waals surface area contributed by atoms with E-state index < -0.39 is 0 Å². The first kappa shape index (κ1) is 12.6. The molecule has 16 heavy (non-hydrogen) atoms. The van der Waals surface area contributed by atoms with Crippen molar-refractivity contribution in [3.63, 3.8) is 0 Å². The average molecular weight is 303 g/mol. The number of hydrogen-bond donors (Lipinski definition) is 1. The minimum absolute atomic E-state index is 0.463. The highest BCUT2D eigenvalue weighted by atomic mass is 79.9. The molecule has 2 nitrogen and oxygen atoms in total. The Morgan fingerprint density at radius 1 is 1.62 bits per heavy atom. The maximum Gasteiger partial charge on any atom is 0.0414 e. The van der Waals surface area contributed by atoms with Crippen molar-refractivity contribution < 1.29 is 0 Å². The number of halogens is 1. The van der Waals surface area contributed by atoms with E-state index in [0.29, 0.717) is 12.1 Å². The first-order valence-electron chi connectivity index (χ1n) is 5.79. The molecule has 2 atom stereocenters. The second kappa shape index (κ2) is 5.17. The average Bonchev–Trinajstić information content (AvgIpc) is 3.00. The minimum Gasteiger partial charge on any atom is -0.329 e. The zero-order valence-electron chi connectivity index (χ0n) is 9.82. The molecule has 90 valence electrons. The molecule has 0 saturated heterocycles. The number of thiophene rings is 1. The standard InChI is InChI=1S/C12H19BrN2S/c1-8(12-5-10(13)7-16-12)15(2)11(6-14)9-3-4-9/h5,7-9,11H,3-4,6,14H2,1-2H3. The van der Waals surface area contributed by atoms with Crippen LogP contribution in [0.1, 0.15) is 30.7 Å². The summed E-state index contributed by atoms with van der Waals surface area (Å²) in [6.45, 7) is 3.04. The fourth-order valence-electron chi connectivity index (χ4n) is 2.21. The fourth-order valence-corrected chi connectivity index (χ4v) is 3.76. The highest BCUT2D eigenvalue weighted by molar-refractivity contribution is 9.10. The zero-order valence-corrected chi connectivity index (χ0v) is 12.2. The van der Waals surface area contributed by atoms with Gasteiger partial charge in [-0.15, -0.1) is 11.3 Å². The molecular weight excluding hydrogens is 284 g/mol. The van der Waals surface area contributed by atoms with Crippen LogP contribution in [0.2, 0.25) is 0 Å². The van der Waals surface area contributed by atoms with Gasteiger partial charge in [0.2, 0.25) is 0 Å². The van der Waals surface area contributed by atoms with Crippen LogP contribution in [0.3, 0.4) is 0 Å². The van der Waals surface area contributed by atoms with Gasteiger partial charge in [0.05, 0.1) is 0 Å². The van der Waals surface area contributed by atoms with Gasteiger partial charge in [-0.1, -0.05) is 0 Å². The number of nitrogens with two attached hydrogens (primary N) is 1. The molecule has 0 aromatic carbocycles. The van der Waals surface area contributed by atoms with Gasteiger partial charge in [-0.25, -0.2) is 0 Å². The van der Waals surface area contributed by atoms with Crippen LogP contribution in [0.15, 0.2) is 15.9 Å². The highest BCUT2D eigenvalue weighted by Gasteiger charge is 2.34. The SMILES string of the molecule is CC(c1cc(Br)cs1)N(C)C(CN)C1CC1. The third-order valence-electron chi connectivity index (χ3n) is 3.54. The fraction of sp³-hybridized carbons (Fsp3) is 0.667. The van der Waals surface area contributed by atoms with Gasteiger partial charge in [-0.2, -0.15) is 0 Å². The summed E-state index contributed by atoms with van der Waals surface area (Å²) >= 11 is 5.33. The van der Waals surface area contributed by atoms with Gasteiger partial charge >= 0.3 is 0 Å². The van der Waals surface area contributed by atoms with Crippen molar-refractivity contribution in [2.45, 2.75) is 31.8 Å². The summed E-state index contributed by atoms with van der Waals surface area (Å²) in [4.78, 5) is 3.85. The topological polar surface area (TPSA) is 29.3 Å². The summed E-state index contributed by atoms with van der Waals surface area (Å²) in [6.07, 6.45) is 2.71. The van der Waals surface area contributed by atoms with E-state index in [1.807, 2.05) is 11.3 Å². The zero-order chi connectivity index (χ0) is 11.7. The van der Waals surface area contributed by atoms with Crippen LogP contribution < -0.4 is 5.73 Å². The summed E-state index contributed by atoms with van der Waals surface area (Å²) in [6, 6.07) is 3.23. The molecule has 1 heterocycles. The van der Waals surface area contributed by atoms with Gasteiger partial charge in [0.1, 0.15) is 0 Å². The molecule has 2 N–H and O–H groups in total. The number of rotatable bonds is 5. The van der Waals surface area contributed by atoms with E-state index in [4.69, 9.17) is 5.73 Å². The van der Waals surface area contributed by atoms with Gasteiger partial charge in [-0.05, 0) is 54.7 Å². The number of hydrogen-bond acceptors (Lipinski definition) is 3. The van der Waals surface area contributed by atoms with Crippen molar-refractivity contribution in [3.05, 3.63) is 20.8 Å². The summed E-state index contributed by atoms with van der Waals surface area (Å²) in [5.41, 5.74) is 5.89. The van der Waals surface area contributed by atoms with E-state index in [1.54, 1.807) is 0 Å². The van der Waals surface area contributed by atoms with Gasteiger partial charge in [-0.3, -0.25) is 4.90 Å². The molecule has 0 amide bonds. The Morgan fingerprint density at radius 3 is 2.75 bits per heavy atom. The van der Waals surface area contributed by atoms with Crippen LogP contribution in [-0.4, -0.2) is 24.5 Å². The third-order valence-corrected chi connectivity index (χ3v) is 5.40. The monoisotopic (exact) mass is 302 g/mol. The van der Waals surface area contributed by atoms with Crippen molar-refractivity contribution in [3.8, 4) is 0 Å². The van der Waals surface area contributed by atoms with Crippen LogP contribution in [-0.2, 0) is 0 Å². The van der Waals surface area contributed by atoms with E-state index in [0.717, 1.165) is 12.5 Å². The maximum atomic E-state index is 5.89. The first-order valence-corrected chi connectivity index (χ1v) is 7.46. The lowest BCUT2D eigenvalue weighted by molar-refractivity contribution is 0.172. The minimum atomic E-state index is 0.463. The molecule has 1 aromatic rings. The van der Waals surface area contributed by atoms with E-state index in [-0.39, 0.29) is 0 Å². The largest absolute Gasteiger partial charge is 0.329 e. The molecule has 2 rings (SSSR count). The molecule has 4 heteroatoms. The van der Waals surface area contributed by atoms with Crippen molar-refractivity contribution in [2.24, 2.45) is 11.7 Å². The predicted octanol–water partition coefficient (Wildman–Crippen LogP) is 3.24. The molecule has 1 aromatic heterocycles. The quantitative estimate of drug-likeness (QED) is 0.905. The second-order valence-corrected chi connectivity index (χ2v) is 6.51. The molecule has 0 spiro atoms. The lowest BCUT2D eigenvalue weighted by atomic mass is 10.1. The van der Waals surface area contributed by atoms with E-state index in [9.17, 15) is 0 Å².